The normalized spacial score (nSPS) is 11.0. The Balaban J connectivity index is 2.23. The predicted molar refractivity (Wildman–Crippen MR) is 95.7 cm³/mol. The number of ether oxygens (including phenoxy) is 2. The average Bonchev–Trinajstić information content (AvgIpc) is 2.57. The standard InChI is InChI=1S/C17H18ClNO5S/c1-11-5-4-6-15(12(11)2)19-25(21,22)13-7-8-16(14(18)9-13)24-10-17(20)23-3/h4-9,19H,10H2,1-3H3. The second kappa shape index (κ2) is 7.76. The van der Waals surface area contributed by atoms with E-state index < -0.39 is 16.0 Å². The van der Waals surface area contributed by atoms with Gasteiger partial charge >= 0.3 is 5.97 Å². The number of carbonyl (C=O) groups excluding carboxylic acids is 1. The van der Waals surface area contributed by atoms with Crippen molar-refractivity contribution in [2.24, 2.45) is 0 Å². The highest BCUT2D eigenvalue weighted by Crippen LogP contribution is 2.29. The second-order valence-corrected chi connectivity index (χ2v) is 7.40. The second-order valence-electron chi connectivity index (χ2n) is 5.31. The highest BCUT2D eigenvalue weighted by atomic mass is 35.5. The summed E-state index contributed by atoms with van der Waals surface area (Å²) in [7, 11) is -2.57. The molecule has 8 heteroatoms. The van der Waals surface area contributed by atoms with Gasteiger partial charge < -0.3 is 9.47 Å². The molecule has 0 radical (unpaired) electrons. The maximum absolute atomic E-state index is 12.6. The van der Waals surface area contributed by atoms with Crippen molar-refractivity contribution < 1.29 is 22.7 Å². The third kappa shape index (κ3) is 4.64. The van der Waals surface area contributed by atoms with Gasteiger partial charge in [-0.25, -0.2) is 13.2 Å². The molecule has 0 aliphatic carbocycles. The van der Waals surface area contributed by atoms with Crippen LogP contribution in [0.3, 0.4) is 0 Å². The molecule has 0 atom stereocenters. The molecule has 0 aliphatic heterocycles. The van der Waals surface area contributed by atoms with Crippen LogP contribution in [0.15, 0.2) is 41.3 Å². The molecule has 0 saturated carbocycles. The molecule has 2 aromatic carbocycles. The molecular formula is C17H18ClNO5S. The minimum atomic E-state index is -3.81. The van der Waals surface area contributed by atoms with Gasteiger partial charge in [-0.1, -0.05) is 23.7 Å². The van der Waals surface area contributed by atoms with Crippen molar-refractivity contribution in [1.29, 1.82) is 0 Å². The highest BCUT2D eigenvalue weighted by molar-refractivity contribution is 7.92. The Bertz CT molecular complexity index is 896. The topological polar surface area (TPSA) is 81.7 Å². The first-order valence-corrected chi connectivity index (χ1v) is 9.19. The maximum Gasteiger partial charge on any atom is 0.343 e. The lowest BCUT2D eigenvalue weighted by Crippen LogP contribution is -2.15. The fourth-order valence-electron chi connectivity index (χ4n) is 2.03. The van der Waals surface area contributed by atoms with Crippen molar-refractivity contribution in [3.8, 4) is 5.75 Å². The zero-order valence-corrected chi connectivity index (χ0v) is 15.6. The molecular weight excluding hydrogens is 366 g/mol. The lowest BCUT2D eigenvalue weighted by Gasteiger charge is -2.13. The van der Waals surface area contributed by atoms with Crippen LogP contribution in [0.5, 0.6) is 5.75 Å². The number of hydrogen-bond acceptors (Lipinski definition) is 5. The van der Waals surface area contributed by atoms with Gasteiger partial charge in [0.15, 0.2) is 6.61 Å². The van der Waals surface area contributed by atoms with Crippen molar-refractivity contribution in [1.82, 2.24) is 0 Å². The molecule has 1 N–H and O–H groups in total. The number of nitrogens with one attached hydrogen (secondary N) is 1. The number of anilines is 1. The van der Waals surface area contributed by atoms with Crippen LogP contribution in [-0.2, 0) is 19.6 Å². The van der Waals surface area contributed by atoms with Crippen LogP contribution in [0, 0.1) is 13.8 Å². The van der Waals surface area contributed by atoms with Crippen LogP contribution in [0.1, 0.15) is 11.1 Å². The molecule has 0 aliphatic rings. The van der Waals surface area contributed by atoms with Gasteiger partial charge in [0.1, 0.15) is 5.75 Å². The van der Waals surface area contributed by atoms with Crippen LogP contribution >= 0.6 is 11.6 Å². The lowest BCUT2D eigenvalue weighted by atomic mass is 10.1. The number of aryl methyl sites for hydroxylation is 1. The Morgan fingerprint density at radius 3 is 2.56 bits per heavy atom. The number of rotatable bonds is 6. The molecule has 2 aromatic rings. The maximum atomic E-state index is 12.6. The number of esters is 1. The van der Waals surface area contributed by atoms with Gasteiger partial charge in [-0.3, -0.25) is 4.72 Å². The minimum Gasteiger partial charge on any atom is -0.480 e. The molecule has 0 spiro atoms. The van der Waals surface area contributed by atoms with E-state index in [1.165, 1.54) is 25.3 Å². The van der Waals surface area contributed by atoms with E-state index in [4.69, 9.17) is 16.3 Å². The van der Waals surface area contributed by atoms with Crippen molar-refractivity contribution in [2.75, 3.05) is 18.4 Å². The monoisotopic (exact) mass is 383 g/mol. The van der Waals surface area contributed by atoms with Crippen molar-refractivity contribution >= 4 is 33.3 Å². The molecule has 0 unspecified atom stereocenters. The Labute approximate surface area is 151 Å². The number of halogens is 1. The fraction of sp³-hybridized carbons (Fsp3) is 0.235. The van der Waals surface area contributed by atoms with E-state index in [9.17, 15) is 13.2 Å². The summed E-state index contributed by atoms with van der Waals surface area (Å²) in [5.74, 6) is -0.373. The van der Waals surface area contributed by atoms with Crippen molar-refractivity contribution in [2.45, 2.75) is 18.7 Å². The number of methoxy groups -OCH3 is 1. The van der Waals surface area contributed by atoms with Gasteiger partial charge in [-0.2, -0.15) is 0 Å². The van der Waals surface area contributed by atoms with E-state index in [-0.39, 0.29) is 22.3 Å². The summed E-state index contributed by atoms with van der Waals surface area (Å²) in [6.07, 6.45) is 0. The Hall–Kier alpha value is -2.25. The van der Waals surface area contributed by atoms with Crippen LogP contribution in [0.4, 0.5) is 5.69 Å². The molecule has 25 heavy (non-hydrogen) atoms. The summed E-state index contributed by atoms with van der Waals surface area (Å²) in [4.78, 5) is 11.1. The Morgan fingerprint density at radius 2 is 1.92 bits per heavy atom. The number of benzene rings is 2. The van der Waals surface area contributed by atoms with Gasteiger partial charge in [-0.05, 0) is 49.2 Å². The van der Waals surface area contributed by atoms with E-state index in [2.05, 4.69) is 9.46 Å². The van der Waals surface area contributed by atoms with E-state index >= 15 is 0 Å². The molecule has 0 saturated heterocycles. The Kier molecular flexibility index (Phi) is 5.92. The van der Waals surface area contributed by atoms with Crippen LogP contribution < -0.4 is 9.46 Å². The summed E-state index contributed by atoms with van der Waals surface area (Å²) in [6, 6.07) is 9.38. The molecule has 0 fully saturated rings. The predicted octanol–water partition coefficient (Wildman–Crippen LogP) is 3.31. The van der Waals surface area contributed by atoms with E-state index in [1.807, 2.05) is 19.9 Å². The number of carbonyl (C=O) groups is 1. The number of sulfonamides is 1. The summed E-state index contributed by atoms with van der Waals surface area (Å²) in [6.45, 7) is 3.42. The third-order valence-corrected chi connectivity index (χ3v) is 5.29. The first-order chi connectivity index (χ1) is 11.7. The molecule has 134 valence electrons. The van der Waals surface area contributed by atoms with E-state index in [0.717, 1.165) is 11.1 Å². The first-order valence-electron chi connectivity index (χ1n) is 7.33. The van der Waals surface area contributed by atoms with Gasteiger partial charge in [-0.15, -0.1) is 0 Å². The van der Waals surface area contributed by atoms with Crippen LogP contribution in [0.2, 0.25) is 5.02 Å². The molecule has 6 nitrogen and oxygen atoms in total. The first kappa shape index (κ1) is 19.1. The quantitative estimate of drug-likeness (QED) is 0.774. The third-order valence-electron chi connectivity index (χ3n) is 3.64. The van der Waals surface area contributed by atoms with Gasteiger partial charge in [0, 0.05) is 0 Å². The Morgan fingerprint density at radius 1 is 1.20 bits per heavy atom. The van der Waals surface area contributed by atoms with Gasteiger partial charge in [0.25, 0.3) is 10.0 Å². The van der Waals surface area contributed by atoms with E-state index in [0.29, 0.717) is 5.69 Å². The number of hydrogen-bond donors (Lipinski definition) is 1. The summed E-state index contributed by atoms with van der Waals surface area (Å²) < 4.78 is 37.3. The average molecular weight is 384 g/mol. The fourth-order valence-corrected chi connectivity index (χ4v) is 3.48. The van der Waals surface area contributed by atoms with Gasteiger partial charge in [0.2, 0.25) is 0 Å². The summed E-state index contributed by atoms with van der Waals surface area (Å²) in [5.41, 5.74) is 2.32. The molecule has 0 aromatic heterocycles. The zero-order chi connectivity index (χ0) is 18.6. The van der Waals surface area contributed by atoms with Gasteiger partial charge in [0.05, 0.1) is 22.7 Å². The summed E-state index contributed by atoms with van der Waals surface area (Å²) >= 11 is 6.05. The largest absolute Gasteiger partial charge is 0.480 e. The molecule has 2 rings (SSSR count). The van der Waals surface area contributed by atoms with Crippen molar-refractivity contribution in [3.63, 3.8) is 0 Å². The van der Waals surface area contributed by atoms with E-state index in [1.54, 1.807) is 12.1 Å². The molecule has 0 heterocycles. The SMILES string of the molecule is COC(=O)COc1ccc(S(=O)(=O)Nc2cccc(C)c2C)cc1Cl. The van der Waals surface area contributed by atoms with Crippen LogP contribution in [0.25, 0.3) is 0 Å². The highest BCUT2D eigenvalue weighted by Gasteiger charge is 2.18. The van der Waals surface area contributed by atoms with Crippen molar-refractivity contribution in [3.05, 3.63) is 52.5 Å². The zero-order valence-electron chi connectivity index (χ0n) is 14.0. The molecule has 0 amide bonds. The molecule has 0 bridgehead atoms. The summed E-state index contributed by atoms with van der Waals surface area (Å²) in [5, 5.41) is 0.0766. The smallest absolute Gasteiger partial charge is 0.343 e. The lowest BCUT2D eigenvalue weighted by molar-refractivity contribution is -0.142. The minimum absolute atomic E-state index is 0.0103. The van der Waals surface area contributed by atoms with Crippen LogP contribution in [-0.4, -0.2) is 28.1 Å².